The van der Waals surface area contributed by atoms with E-state index in [1.807, 2.05) is 84.9 Å². The lowest BCUT2D eigenvalue weighted by atomic mass is 9.91. The van der Waals surface area contributed by atoms with Crippen LogP contribution in [-0.2, 0) is 14.4 Å². The molecule has 0 spiro atoms. The molecule has 2 saturated heterocycles. The van der Waals surface area contributed by atoms with Crippen LogP contribution in [0.1, 0.15) is 11.6 Å². The third-order valence-corrected chi connectivity index (χ3v) is 6.16. The second-order valence-corrected chi connectivity index (χ2v) is 7.98. The van der Waals surface area contributed by atoms with Crippen LogP contribution in [0.4, 0.5) is 11.4 Å². The minimum absolute atomic E-state index is 0.254. The average Bonchev–Trinajstić information content (AvgIpc) is 3.36. The van der Waals surface area contributed by atoms with Gasteiger partial charge >= 0.3 is 0 Å². The molecule has 3 atom stereocenters. The second-order valence-electron chi connectivity index (χ2n) is 7.98. The first-order chi connectivity index (χ1) is 15.7. The van der Waals surface area contributed by atoms with Crippen molar-refractivity contribution in [3.63, 3.8) is 0 Å². The highest BCUT2D eigenvalue weighted by Gasteiger charge is 2.60. The highest BCUT2D eigenvalue weighted by atomic mass is 16.7. The molecular formula is C26H19N3O3. The van der Waals surface area contributed by atoms with Gasteiger partial charge in [0, 0.05) is 12.4 Å². The van der Waals surface area contributed by atoms with Crippen molar-refractivity contribution in [3.8, 4) is 0 Å². The molecule has 32 heavy (non-hydrogen) atoms. The highest BCUT2D eigenvalue weighted by molar-refractivity contribution is 6.24. The maximum absolute atomic E-state index is 13.7. The zero-order valence-corrected chi connectivity index (χ0v) is 17.0. The molecule has 6 nitrogen and oxygen atoms in total. The predicted molar refractivity (Wildman–Crippen MR) is 121 cm³/mol. The Morgan fingerprint density at radius 3 is 2.22 bits per heavy atom. The SMILES string of the molecule is O=C1[C@@H]2[C@@H](c3ccncc3)N(c3ccccc3)O[C@H]2C(=O)N1c1ccc2ccccc2c1. The molecule has 2 amide bonds. The standard InChI is InChI=1S/C26H19N3O3/c30-25-22-23(18-12-14-27-15-13-18)29(20-8-2-1-3-9-20)32-24(22)26(31)28(25)21-11-10-17-6-4-5-7-19(17)16-21/h1-16,22-24H/t22-,23-,24-/m1/s1. The van der Waals surface area contributed by atoms with Gasteiger partial charge in [0.15, 0.2) is 6.10 Å². The van der Waals surface area contributed by atoms with E-state index < -0.39 is 18.1 Å². The number of nitrogens with zero attached hydrogens (tertiary/aromatic N) is 3. The van der Waals surface area contributed by atoms with Crippen LogP contribution in [0.5, 0.6) is 0 Å². The fourth-order valence-electron chi connectivity index (χ4n) is 4.68. The van der Waals surface area contributed by atoms with Crippen molar-refractivity contribution in [1.82, 2.24) is 4.98 Å². The van der Waals surface area contributed by atoms with Gasteiger partial charge in [-0.2, -0.15) is 0 Å². The van der Waals surface area contributed by atoms with E-state index in [1.165, 1.54) is 4.90 Å². The van der Waals surface area contributed by atoms with Gasteiger partial charge in [0.2, 0.25) is 5.91 Å². The van der Waals surface area contributed by atoms with E-state index >= 15 is 0 Å². The molecule has 2 aliphatic heterocycles. The van der Waals surface area contributed by atoms with Crippen molar-refractivity contribution in [1.29, 1.82) is 0 Å². The van der Waals surface area contributed by atoms with Crippen LogP contribution < -0.4 is 9.96 Å². The van der Waals surface area contributed by atoms with E-state index in [0.29, 0.717) is 5.69 Å². The van der Waals surface area contributed by atoms with E-state index in [2.05, 4.69) is 4.98 Å². The normalized spacial score (nSPS) is 22.6. The maximum atomic E-state index is 13.7. The summed E-state index contributed by atoms with van der Waals surface area (Å²) in [5, 5.41) is 3.72. The van der Waals surface area contributed by atoms with Crippen molar-refractivity contribution in [2.45, 2.75) is 12.1 Å². The average molecular weight is 421 g/mol. The van der Waals surface area contributed by atoms with E-state index in [9.17, 15) is 9.59 Å². The van der Waals surface area contributed by atoms with Gasteiger partial charge in [-0.25, -0.2) is 9.96 Å². The topological polar surface area (TPSA) is 62.7 Å². The summed E-state index contributed by atoms with van der Waals surface area (Å²) in [5.74, 6) is -1.25. The van der Waals surface area contributed by atoms with Crippen LogP contribution in [0, 0.1) is 5.92 Å². The van der Waals surface area contributed by atoms with Gasteiger partial charge in [0.1, 0.15) is 5.92 Å². The van der Waals surface area contributed by atoms with E-state index in [0.717, 1.165) is 22.0 Å². The monoisotopic (exact) mass is 421 g/mol. The summed E-state index contributed by atoms with van der Waals surface area (Å²) in [6, 6.07) is 26.3. The number of aromatic nitrogens is 1. The molecule has 3 heterocycles. The van der Waals surface area contributed by atoms with Crippen molar-refractivity contribution in [2.75, 3.05) is 9.96 Å². The minimum atomic E-state index is -0.882. The molecule has 0 unspecified atom stereocenters. The van der Waals surface area contributed by atoms with Gasteiger partial charge in [0.25, 0.3) is 5.91 Å². The number of carbonyl (C=O) groups is 2. The number of benzene rings is 3. The van der Waals surface area contributed by atoms with Crippen LogP contribution >= 0.6 is 0 Å². The Kier molecular flexibility index (Phi) is 4.26. The largest absolute Gasteiger partial charge is 0.273 e. The summed E-state index contributed by atoms with van der Waals surface area (Å²) in [7, 11) is 0. The summed E-state index contributed by atoms with van der Waals surface area (Å²) in [6.07, 6.45) is 2.50. The summed E-state index contributed by atoms with van der Waals surface area (Å²) < 4.78 is 0. The number of rotatable bonds is 3. The summed E-state index contributed by atoms with van der Waals surface area (Å²) in [6.45, 7) is 0. The van der Waals surface area contributed by atoms with Gasteiger partial charge in [0.05, 0.1) is 17.4 Å². The van der Waals surface area contributed by atoms with E-state index in [-0.39, 0.29) is 11.8 Å². The molecule has 0 saturated carbocycles. The number of hydrogen-bond acceptors (Lipinski definition) is 5. The number of fused-ring (bicyclic) bond motifs is 2. The quantitative estimate of drug-likeness (QED) is 0.462. The number of para-hydroxylation sites is 1. The number of pyridine rings is 1. The molecule has 0 aliphatic carbocycles. The Balaban J connectivity index is 1.43. The van der Waals surface area contributed by atoms with Gasteiger partial charge in [-0.05, 0) is 52.7 Å². The molecule has 3 aromatic carbocycles. The van der Waals surface area contributed by atoms with Gasteiger partial charge in [-0.1, -0.05) is 48.5 Å². The molecule has 0 radical (unpaired) electrons. The molecule has 2 fully saturated rings. The Bertz CT molecular complexity index is 1330. The van der Waals surface area contributed by atoms with Crippen molar-refractivity contribution < 1.29 is 14.4 Å². The Hall–Kier alpha value is -4.03. The smallest absolute Gasteiger partial charge is 0.266 e. The zero-order valence-electron chi connectivity index (χ0n) is 17.0. The molecule has 2 aliphatic rings. The fourth-order valence-corrected chi connectivity index (χ4v) is 4.68. The summed E-state index contributed by atoms with van der Waals surface area (Å²) >= 11 is 0. The Morgan fingerprint density at radius 2 is 1.44 bits per heavy atom. The van der Waals surface area contributed by atoms with Crippen molar-refractivity contribution in [3.05, 3.63) is 103 Å². The van der Waals surface area contributed by atoms with Crippen LogP contribution in [-0.4, -0.2) is 22.9 Å². The first-order valence-corrected chi connectivity index (χ1v) is 10.5. The third kappa shape index (κ3) is 2.81. The number of hydrogen-bond donors (Lipinski definition) is 0. The van der Waals surface area contributed by atoms with Crippen molar-refractivity contribution in [2.24, 2.45) is 5.92 Å². The minimum Gasteiger partial charge on any atom is -0.273 e. The van der Waals surface area contributed by atoms with Crippen LogP contribution in [0.25, 0.3) is 10.8 Å². The van der Waals surface area contributed by atoms with Gasteiger partial charge < -0.3 is 0 Å². The van der Waals surface area contributed by atoms with Crippen molar-refractivity contribution >= 4 is 34.0 Å². The van der Waals surface area contributed by atoms with E-state index in [1.54, 1.807) is 17.5 Å². The van der Waals surface area contributed by atoms with Crippen LogP contribution in [0.15, 0.2) is 97.3 Å². The maximum Gasteiger partial charge on any atom is 0.266 e. The van der Waals surface area contributed by atoms with Gasteiger partial charge in [-0.3, -0.25) is 19.4 Å². The first-order valence-electron chi connectivity index (χ1n) is 10.5. The number of imide groups is 1. The Labute approximate surface area is 184 Å². The summed E-state index contributed by atoms with van der Waals surface area (Å²) in [4.78, 5) is 38.6. The first kappa shape index (κ1) is 18.7. The number of amides is 2. The molecule has 0 bridgehead atoms. The molecular weight excluding hydrogens is 402 g/mol. The molecule has 4 aromatic rings. The Morgan fingerprint density at radius 1 is 0.719 bits per heavy atom. The zero-order chi connectivity index (χ0) is 21.7. The van der Waals surface area contributed by atoms with E-state index in [4.69, 9.17) is 4.84 Å². The molecule has 0 N–H and O–H groups in total. The third-order valence-electron chi connectivity index (χ3n) is 6.16. The molecule has 156 valence electrons. The van der Waals surface area contributed by atoms with Crippen LogP contribution in [0.3, 0.4) is 0 Å². The van der Waals surface area contributed by atoms with Gasteiger partial charge in [-0.15, -0.1) is 0 Å². The second kappa shape index (κ2) is 7.28. The lowest BCUT2D eigenvalue weighted by Gasteiger charge is -2.28. The predicted octanol–water partition coefficient (Wildman–Crippen LogP) is 4.29. The fraction of sp³-hybridized carbons (Fsp3) is 0.115. The summed E-state index contributed by atoms with van der Waals surface area (Å²) in [5.41, 5.74) is 2.23. The molecule has 6 rings (SSSR count). The highest BCUT2D eigenvalue weighted by Crippen LogP contribution is 2.47. The number of anilines is 2. The number of hydroxylamine groups is 1. The molecule has 1 aromatic heterocycles. The number of carbonyl (C=O) groups excluding carboxylic acids is 2. The van der Waals surface area contributed by atoms with Crippen LogP contribution in [0.2, 0.25) is 0 Å². The lowest BCUT2D eigenvalue weighted by molar-refractivity contribution is -0.126. The molecule has 6 heteroatoms. The lowest BCUT2D eigenvalue weighted by Crippen LogP contribution is -2.37.